The van der Waals surface area contributed by atoms with Crippen LogP contribution in [0.5, 0.6) is 11.5 Å². The molecule has 3 rings (SSSR count). The van der Waals surface area contributed by atoms with Crippen LogP contribution in [0.25, 0.3) is 0 Å². The average Bonchev–Trinajstić information content (AvgIpc) is 2.87. The summed E-state index contributed by atoms with van der Waals surface area (Å²) in [6, 6.07) is 3.16. The molecule has 20 heavy (non-hydrogen) atoms. The van der Waals surface area contributed by atoms with E-state index in [1.807, 2.05) is 0 Å². The van der Waals surface area contributed by atoms with Gasteiger partial charge in [0.05, 0.1) is 10.7 Å². The Balaban J connectivity index is 1.78. The van der Waals surface area contributed by atoms with Crippen molar-refractivity contribution in [3.8, 4) is 11.5 Å². The third kappa shape index (κ3) is 2.39. The number of halogens is 1. The Bertz CT molecular complexity index is 629. The molecule has 2 amide bonds. The van der Waals surface area contributed by atoms with E-state index in [0.29, 0.717) is 28.6 Å². The summed E-state index contributed by atoms with van der Waals surface area (Å²) < 4.78 is 10.4. The van der Waals surface area contributed by atoms with E-state index in [2.05, 4.69) is 15.8 Å². The Morgan fingerprint density at radius 1 is 1.30 bits per heavy atom. The van der Waals surface area contributed by atoms with Gasteiger partial charge in [0.2, 0.25) is 12.7 Å². The molecule has 1 aromatic carbocycles. The Hall–Kier alpha value is -2.28. The monoisotopic (exact) mass is 295 g/mol. The van der Waals surface area contributed by atoms with Crippen LogP contribution >= 0.6 is 11.6 Å². The number of nitrogens with zero attached hydrogens (tertiary/aromatic N) is 1. The zero-order valence-electron chi connectivity index (χ0n) is 10.2. The number of hydrogen-bond donors (Lipinski definition) is 2. The summed E-state index contributed by atoms with van der Waals surface area (Å²) in [6.45, 7) is 0.127. The highest BCUT2D eigenvalue weighted by Gasteiger charge is 2.21. The molecular weight excluding hydrogens is 286 g/mol. The summed E-state index contributed by atoms with van der Waals surface area (Å²) in [6.07, 6.45) is 0.529. The highest BCUT2D eigenvalue weighted by atomic mass is 35.5. The zero-order valence-corrected chi connectivity index (χ0v) is 11.0. The van der Waals surface area contributed by atoms with Gasteiger partial charge in [-0.15, -0.1) is 0 Å². The van der Waals surface area contributed by atoms with E-state index in [-0.39, 0.29) is 24.8 Å². The van der Waals surface area contributed by atoms with Crippen LogP contribution in [0.1, 0.15) is 12.8 Å². The van der Waals surface area contributed by atoms with E-state index in [1.165, 1.54) is 0 Å². The van der Waals surface area contributed by atoms with Gasteiger partial charge in [-0.3, -0.25) is 9.59 Å². The molecule has 2 N–H and O–H groups in total. The summed E-state index contributed by atoms with van der Waals surface area (Å²) in [4.78, 5) is 23.0. The predicted octanol–water partition coefficient (Wildman–Crippen LogP) is 1.27. The van der Waals surface area contributed by atoms with Crippen molar-refractivity contribution in [1.82, 2.24) is 5.43 Å². The second-order valence-electron chi connectivity index (χ2n) is 4.23. The lowest BCUT2D eigenvalue weighted by Crippen LogP contribution is -2.32. The smallest absolute Gasteiger partial charge is 0.271 e. The second-order valence-corrected chi connectivity index (χ2v) is 4.64. The minimum Gasteiger partial charge on any atom is -0.454 e. The van der Waals surface area contributed by atoms with Gasteiger partial charge in [-0.2, -0.15) is 5.10 Å². The minimum atomic E-state index is -0.411. The van der Waals surface area contributed by atoms with Crippen molar-refractivity contribution < 1.29 is 19.1 Å². The SMILES string of the molecule is O=C1CCC(C(=O)Nc2cc3c(cc2Cl)OCO3)=NN1. The summed E-state index contributed by atoms with van der Waals surface area (Å²) in [7, 11) is 0. The third-order valence-corrected chi connectivity index (χ3v) is 3.19. The van der Waals surface area contributed by atoms with E-state index < -0.39 is 5.91 Å². The molecule has 1 aromatic rings. The van der Waals surface area contributed by atoms with Gasteiger partial charge in [-0.1, -0.05) is 11.6 Å². The lowest BCUT2D eigenvalue weighted by molar-refractivity contribution is -0.121. The third-order valence-electron chi connectivity index (χ3n) is 2.88. The molecule has 0 atom stereocenters. The number of rotatable bonds is 2. The quantitative estimate of drug-likeness (QED) is 0.860. The van der Waals surface area contributed by atoms with Crippen LogP contribution in [0.2, 0.25) is 5.02 Å². The average molecular weight is 296 g/mol. The van der Waals surface area contributed by atoms with Crippen LogP contribution in [0.4, 0.5) is 5.69 Å². The van der Waals surface area contributed by atoms with Crippen molar-refractivity contribution >= 4 is 34.8 Å². The topological polar surface area (TPSA) is 89.0 Å². The lowest BCUT2D eigenvalue weighted by Gasteiger charge is -2.13. The molecule has 2 aliphatic heterocycles. The van der Waals surface area contributed by atoms with Crippen LogP contribution in [-0.2, 0) is 9.59 Å². The minimum absolute atomic E-state index is 0.127. The van der Waals surface area contributed by atoms with E-state index in [4.69, 9.17) is 21.1 Å². The number of amides is 2. The molecule has 0 bridgehead atoms. The largest absolute Gasteiger partial charge is 0.454 e. The van der Waals surface area contributed by atoms with Gasteiger partial charge in [0.25, 0.3) is 5.91 Å². The van der Waals surface area contributed by atoms with Crippen LogP contribution < -0.4 is 20.2 Å². The van der Waals surface area contributed by atoms with Crippen molar-refractivity contribution in [3.63, 3.8) is 0 Å². The van der Waals surface area contributed by atoms with Gasteiger partial charge >= 0.3 is 0 Å². The van der Waals surface area contributed by atoms with Crippen molar-refractivity contribution in [2.75, 3.05) is 12.1 Å². The number of hydrazone groups is 1. The first kappa shape index (κ1) is 12.7. The van der Waals surface area contributed by atoms with Crippen LogP contribution in [0.3, 0.4) is 0 Å². The molecule has 8 heteroatoms. The number of hydrogen-bond acceptors (Lipinski definition) is 5. The number of fused-ring (bicyclic) bond motifs is 1. The number of carbonyl (C=O) groups is 2. The van der Waals surface area contributed by atoms with Gasteiger partial charge in [-0.05, 0) is 0 Å². The number of ether oxygens (including phenoxy) is 2. The predicted molar refractivity (Wildman–Crippen MR) is 71.0 cm³/mol. The standard InChI is InChI=1S/C12H10ClN3O4/c13-6-3-9-10(20-5-19-9)4-8(6)14-12(18)7-1-2-11(17)16-15-7/h3-4H,1-2,5H2,(H,14,18)(H,16,17). The summed E-state index contributed by atoms with van der Waals surface area (Å²) in [5, 5.41) is 6.69. The fraction of sp³-hybridized carbons (Fsp3) is 0.250. The summed E-state index contributed by atoms with van der Waals surface area (Å²) in [5.74, 6) is 0.437. The fourth-order valence-electron chi connectivity index (χ4n) is 1.85. The van der Waals surface area contributed by atoms with Crippen molar-refractivity contribution in [2.45, 2.75) is 12.8 Å². The molecule has 104 valence electrons. The molecule has 0 aliphatic carbocycles. The molecule has 0 spiro atoms. The highest BCUT2D eigenvalue weighted by Crippen LogP contribution is 2.39. The van der Waals surface area contributed by atoms with E-state index >= 15 is 0 Å². The first-order chi connectivity index (χ1) is 9.63. The van der Waals surface area contributed by atoms with Crippen molar-refractivity contribution in [2.24, 2.45) is 5.10 Å². The maximum Gasteiger partial charge on any atom is 0.271 e. The molecule has 0 radical (unpaired) electrons. The van der Waals surface area contributed by atoms with Crippen LogP contribution in [0, 0.1) is 0 Å². The molecule has 2 heterocycles. The summed E-state index contributed by atoms with van der Waals surface area (Å²) >= 11 is 6.05. The van der Waals surface area contributed by atoms with E-state index in [9.17, 15) is 9.59 Å². The van der Waals surface area contributed by atoms with Gasteiger partial charge in [0.15, 0.2) is 11.5 Å². The maximum absolute atomic E-state index is 12.0. The molecule has 0 fully saturated rings. The number of carbonyl (C=O) groups excluding carboxylic acids is 2. The van der Waals surface area contributed by atoms with Gasteiger partial charge in [-0.25, -0.2) is 5.43 Å². The van der Waals surface area contributed by atoms with Crippen molar-refractivity contribution in [3.05, 3.63) is 17.2 Å². The Morgan fingerprint density at radius 2 is 2.05 bits per heavy atom. The maximum atomic E-state index is 12.0. The normalized spacial score (nSPS) is 16.4. The van der Waals surface area contributed by atoms with E-state index in [1.54, 1.807) is 12.1 Å². The molecular formula is C12H10ClN3O4. The first-order valence-electron chi connectivity index (χ1n) is 5.89. The molecule has 2 aliphatic rings. The molecule has 0 aromatic heterocycles. The Labute approximate surface area is 118 Å². The summed E-state index contributed by atoms with van der Waals surface area (Å²) in [5.41, 5.74) is 2.92. The molecule has 0 saturated heterocycles. The zero-order chi connectivity index (χ0) is 14.1. The Kier molecular flexibility index (Phi) is 3.19. The van der Waals surface area contributed by atoms with Gasteiger partial charge in [0, 0.05) is 25.0 Å². The van der Waals surface area contributed by atoms with Crippen LogP contribution in [0.15, 0.2) is 17.2 Å². The first-order valence-corrected chi connectivity index (χ1v) is 6.27. The highest BCUT2D eigenvalue weighted by molar-refractivity contribution is 6.44. The molecule has 0 saturated carbocycles. The lowest BCUT2D eigenvalue weighted by atomic mass is 10.1. The number of benzene rings is 1. The molecule has 0 unspecified atom stereocenters. The van der Waals surface area contributed by atoms with E-state index in [0.717, 1.165) is 0 Å². The Morgan fingerprint density at radius 3 is 2.75 bits per heavy atom. The van der Waals surface area contributed by atoms with Crippen LogP contribution in [-0.4, -0.2) is 24.3 Å². The van der Waals surface area contributed by atoms with Gasteiger partial charge in [0.1, 0.15) is 5.71 Å². The molecule has 7 nitrogen and oxygen atoms in total. The van der Waals surface area contributed by atoms with Crippen molar-refractivity contribution in [1.29, 1.82) is 0 Å². The fourth-order valence-corrected chi connectivity index (χ4v) is 2.05. The van der Waals surface area contributed by atoms with Gasteiger partial charge < -0.3 is 14.8 Å². The second kappa shape index (κ2) is 5.01. The number of anilines is 1. The number of nitrogens with one attached hydrogen (secondary N) is 2.